The maximum atomic E-state index is 12.2. The van der Waals surface area contributed by atoms with Gasteiger partial charge in [0.15, 0.2) is 5.82 Å². The van der Waals surface area contributed by atoms with Crippen LogP contribution < -0.4 is 24.6 Å². The van der Waals surface area contributed by atoms with Crippen LogP contribution in [0.25, 0.3) is 0 Å². The molecule has 42 heavy (non-hydrogen) atoms. The molecule has 5 rings (SSSR count). The van der Waals surface area contributed by atoms with E-state index in [0.717, 1.165) is 69.7 Å². The van der Waals surface area contributed by atoms with Gasteiger partial charge in [0.2, 0.25) is 16.0 Å². The Morgan fingerprint density at radius 1 is 1.00 bits per heavy atom. The number of hydrogen-bond acceptors (Lipinski definition) is 10. The number of sulfonamides is 1. The number of piperidine rings is 1. The second-order valence-corrected chi connectivity index (χ2v) is 13.3. The third-order valence-corrected chi connectivity index (χ3v) is 9.52. The number of hydrogen-bond donors (Lipinski definition) is 2. The van der Waals surface area contributed by atoms with E-state index in [2.05, 4.69) is 48.4 Å². The van der Waals surface area contributed by atoms with Crippen LogP contribution in [0.1, 0.15) is 12.8 Å². The zero-order chi connectivity index (χ0) is 29.9. The van der Waals surface area contributed by atoms with Crippen LogP contribution in [0, 0.1) is 0 Å². The molecule has 13 heteroatoms. The van der Waals surface area contributed by atoms with Crippen LogP contribution in [0.5, 0.6) is 5.75 Å². The Morgan fingerprint density at radius 2 is 1.71 bits per heavy atom. The van der Waals surface area contributed by atoms with Gasteiger partial charge < -0.3 is 25.2 Å². The number of rotatable bonds is 9. The van der Waals surface area contributed by atoms with Gasteiger partial charge in [0, 0.05) is 64.1 Å². The lowest BCUT2D eigenvalue weighted by Crippen LogP contribution is -2.52. The van der Waals surface area contributed by atoms with Gasteiger partial charge in [0.05, 0.1) is 36.6 Å². The van der Waals surface area contributed by atoms with E-state index in [0.29, 0.717) is 40.0 Å². The fourth-order valence-corrected chi connectivity index (χ4v) is 6.11. The third-order valence-electron chi connectivity index (χ3n) is 8.05. The first-order valence-corrected chi connectivity index (χ1v) is 16.3. The number of methoxy groups -OCH3 is 1. The molecule has 226 valence electrons. The molecule has 0 bridgehead atoms. The zero-order valence-electron chi connectivity index (χ0n) is 24.5. The molecular weight excluding hydrogens is 576 g/mol. The lowest BCUT2D eigenvalue weighted by atomic mass is 10.0. The Labute approximate surface area is 253 Å². The minimum Gasteiger partial charge on any atom is -0.494 e. The van der Waals surface area contributed by atoms with Crippen molar-refractivity contribution < 1.29 is 13.2 Å². The largest absolute Gasteiger partial charge is 0.494 e. The van der Waals surface area contributed by atoms with Gasteiger partial charge in [-0.1, -0.05) is 23.7 Å². The molecule has 3 aromatic rings. The monoisotopic (exact) mass is 614 g/mol. The molecule has 0 amide bonds. The Bertz CT molecular complexity index is 1490. The quantitative estimate of drug-likeness (QED) is 0.364. The van der Waals surface area contributed by atoms with Crippen molar-refractivity contribution in [2.24, 2.45) is 0 Å². The topological polar surface area (TPSA) is 106 Å². The lowest BCUT2D eigenvalue weighted by Gasteiger charge is -2.42. The van der Waals surface area contributed by atoms with Crippen molar-refractivity contribution in [1.82, 2.24) is 19.8 Å². The lowest BCUT2D eigenvalue weighted by molar-refractivity contribution is 0.0982. The summed E-state index contributed by atoms with van der Waals surface area (Å²) in [5, 5.41) is 6.69. The highest BCUT2D eigenvalue weighted by Crippen LogP contribution is 2.35. The van der Waals surface area contributed by atoms with E-state index in [1.165, 1.54) is 17.5 Å². The van der Waals surface area contributed by atoms with E-state index in [9.17, 15) is 8.42 Å². The van der Waals surface area contributed by atoms with Crippen molar-refractivity contribution in [2.45, 2.75) is 18.9 Å². The van der Waals surface area contributed by atoms with Gasteiger partial charge >= 0.3 is 0 Å². The molecule has 0 aliphatic carbocycles. The molecule has 0 atom stereocenters. The minimum atomic E-state index is -3.46. The van der Waals surface area contributed by atoms with Gasteiger partial charge in [-0.05, 0) is 44.2 Å². The summed E-state index contributed by atoms with van der Waals surface area (Å²) in [6.07, 6.45) is 4.96. The van der Waals surface area contributed by atoms with Crippen molar-refractivity contribution in [1.29, 1.82) is 0 Å². The van der Waals surface area contributed by atoms with Crippen LogP contribution in [0.2, 0.25) is 5.02 Å². The summed E-state index contributed by atoms with van der Waals surface area (Å²) in [7, 11) is 1.88. The van der Waals surface area contributed by atoms with Crippen LogP contribution in [0.15, 0.2) is 48.7 Å². The molecule has 3 heterocycles. The summed E-state index contributed by atoms with van der Waals surface area (Å²) in [6.45, 7) is 6.63. The first-order valence-electron chi connectivity index (χ1n) is 14.1. The van der Waals surface area contributed by atoms with Gasteiger partial charge in [0.1, 0.15) is 10.8 Å². The van der Waals surface area contributed by atoms with Crippen LogP contribution in [0.3, 0.4) is 0 Å². The summed E-state index contributed by atoms with van der Waals surface area (Å²) in [5.41, 5.74) is 2.85. The standard InChI is InChI=1S/C29H39ClN8O3S/c1-35-15-17-38(18-16-35)21-11-13-37(14-12-21)22-9-10-25(27(19-22)41-3)33-29-31-20-23(30)28(34-29)32-24-7-5-6-8-26(24)36(2)42(4,39)40/h5-10,19-21H,11-18H2,1-4H3,(H2,31,32,33,34). The molecule has 11 nitrogen and oxygen atoms in total. The van der Waals surface area contributed by atoms with Gasteiger partial charge in [-0.25, -0.2) is 13.4 Å². The van der Waals surface area contributed by atoms with Crippen molar-refractivity contribution in [2.75, 3.05) is 86.6 Å². The van der Waals surface area contributed by atoms with Crippen molar-refractivity contribution >= 4 is 56.1 Å². The maximum Gasteiger partial charge on any atom is 0.232 e. The number of halogens is 1. The predicted octanol–water partition coefficient (Wildman–Crippen LogP) is 4.24. The zero-order valence-corrected chi connectivity index (χ0v) is 26.1. The second kappa shape index (κ2) is 12.9. The molecule has 2 N–H and O–H groups in total. The second-order valence-electron chi connectivity index (χ2n) is 10.8. The molecule has 1 aromatic heterocycles. The Hall–Kier alpha value is -3.32. The van der Waals surface area contributed by atoms with Crippen molar-refractivity contribution in [3.63, 3.8) is 0 Å². The Kier molecular flexibility index (Phi) is 9.26. The molecule has 2 aliphatic heterocycles. The molecule has 2 aliphatic rings. The average Bonchev–Trinajstić information content (AvgIpc) is 2.99. The van der Waals surface area contributed by atoms with Gasteiger partial charge in [-0.2, -0.15) is 4.98 Å². The van der Waals surface area contributed by atoms with E-state index in [-0.39, 0.29) is 0 Å². The predicted molar refractivity (Wildman–Crippen MR) is 171 cm³/mol. The van der Waals surface area contributed by atoms with E-state index in [4.69, 9.17) is 16.3 Å². The fourth-order valence-electron chi connectivity index (χ4n) is 5.45. The first-order chi connectivity index (χ1) is 20.1. The van der Waals surface area contributed by atoms with Crippen molar-refractivity contribution in [3.05, 3.63) is 53.7 Å². The molecule has 0 spiro atoms. The van der Waals surface area contributed by atoms with Crippen LogP contribution >= 0.6 is 11.6 Å². The molecular formula is C29H39ClN8O3S. The van der Waals surface area contributed by atoms with Crippen LogP contribution in [-0.4, -0.2) is 101 Å². The third kappa shape index (κ3) is 7.00. The summed E-state index contributed by atoms with van der Waals surface area (Å²) < 4.78 is 31.2. The van der Waals surface area contributed by atoms with Gasteiger partial charge in [-0.3, -0.25) is 9.21 Å². The Morgan fingerprint density at radius 3 is 2.40 bits per heavy atom. The number of nitrogens with one attached hydrogen (secondary N) is 2. The van der Waals surface area contributed by atoms with E-state index in [1.807, 2.05) is 12.1 Å². The minimum absolute atomic E-state index is 0.291. The molecule has 2 fully saturated rings. The number of ether oxygens (including phenoxy) is 1. The van der Waals surface area contributed by atoms with Gasteiger partial charge in [0.25, 0.3) is 0 Å². The summed E-state index contributed by atoms with van der Waals surface area (Å²) in [5.74, 6) is 1.33. The summed E-state index contributed by atoms with van der Waals surface area (Å²) in [6, 6.07) is 13.8. The number of piperazine rings is 1. The van der Waals surface area contributed by atoms with Crippen molar-refractivity contribution in [3.8, 4) is 5.75 Å². The SMILES string of the molecule is COc1cc(N2CCC(N3CCN(C)CC3)CC2)ccc1Nc1ncc(Cl)c(Nc2ccccc2N(C)S(C)(=O)=O)n1. The number of likely N-dealkylation sites (N-methyl/N-ethyl adjacent to an activating group) is 1. The normalized spacial score (nSPS) is 17.2. The van der Waals surface area contributed by atoms with Crippen LogP contribution in [0.4, 0.5) is 34.5 Å². The number of benzene rings is 2. The molecule has 0 saturated carbocycles. The van der Waals surface area contributed by atoms with E-state index in [1.54, 1.807) is 31.4 Å². The number of nitrogens with zero attached hydrogens (tertiary/aromatic N) is 6. The maximum absolute atomic E-state index is 12.2. The summed E-state index contributed by atoms with van der Waals surface area (Å²) in [4.78, 5) is 16.4. The number of para-hydroxylation sites is 2. The summed E-state index contributed by atoms with van der Waals surface area (Å²) >= 11 is 6.42. The highest BCUT2D eigenvalue weighted by molar-refractivity contribution is 7.92. The number of aromatic nitrogens is 2. The smallest absolute Gasteiger partial charge is 0.232 e. The average molecular weight is 615 g/mol. The number of anilines is 6. The highest BCUT2D eigenvalue weighted by atomic mass is 35.5. The van der Waals surface area contributed by atoms with Crippen LogP contribution in [-0.2, 0) is 10.0 Å². The highest BCUT2D eigenvalue weighted by Gasteiger charge is 2.27. The molecule has 0 radical (unpaired) electrons. The molecule has 0 unspecified atom stereocenters. The van der Waals surface area contributed by atoms with E-state index >= 15 is 0 Å². The molecule has 2 aromatic carbocycles. The van der Waals surface area contributed by atoms with Gasteiger partial charge in [-0.15, -0.1) is 0 Å². The first kappa shape index (κ1) is 30.1. The Balaban J connectivity index is 1.28. The van der Waals surface area contributed by atoms with E-state index < -0.39 is 10.0 Å². The fraction of sp³-hybridized carbons (Fsp3) is 0.448. The molecule has 2 saturated heterocycles.